The summed E-state index contributed by atoms with van der Waals surface area (Å²) in [4.78, 5) is 20.4. The molecule has 0 saturated heterocycles. The summed E-state index contributed by atoms with van der Waals surface area (Å²) in [7, 11) is 0. The predicted molar refractivity (Wildman–Crippen MR) is 91.8 cm³/mol. The first-order valence-electron chi connectivity index (χ1n) is 8.22. The van der Waals surface area contributed by atoms with Crippen LogP contribution in [-0.2, 0) is 0 Å². The maximum atomic E-state index is 12.2. The molecule has 1 fully saturated rings. The molecule has 3 N–H and O–H groups in total. The number of carbonyl (C=O) groups is 1. The van der Waals surface area contributed by atoms with Gasteiger partial charge >= 0.3 is 0 Å². The fraction of sp³-hybridized carbons (Fsp3) is 0.389. The van der Waals surface area contributed by atoms with Crippen molar-refractivity contribution >= 4 is 11.7 Å². The second-order valence-corrected chi connectivity index (χ2v) is 6.12. The molecular formula is C18H22N4O2. The van der Waals surface area contributed by atoms with Gasteiger partial charge in [0.05, 0.1) is 11.8 Å². The van der Waals surface area contributed by atoms with Crippen LogP contribution in [0.2, 0.25) is 0 Å². The molecule has 6 heteroatoms. The van der Waals surface area contributed by atoms with E-state index in [-0.39, 0.29) is 18.1 Å². The Labute approximate surface area is 141 Å². The van der Waals surface area contributed by atoms with E-state index in [9.17, 15) is 4.79 Å². The van der Waals surface area contributed by atoms with Gasteiger partial charge in [-0.3, -0.25) is 9.78 Å². The standard InChI is InChI=1S/C18H22N4O2/c1-12-16(3-2-9-20-12)24-15-6-4-14(5-7-15)22-18(23)13-8-10-21-17(19)11-13/h2-3,8-11,14-15H,4-7H2,1H3,(H2,19,21)(H,22,23). The quantitative estimate of drug-likeness (QED) is 0.901. The molecule has 2 aromatic heterocycles. The van der Waals surface area contributed by atoms with Crippen LogP contribution in [0.4, 0.5) is 5.82 Å². The number of nitrogens with one attached hydrogen (secondary N) is 1. The van der Waals surface area contributed by atoms with Gasteiger partial charge in [0.1, 0.15) is 11.6 Å². The third-order valence-electron chi connectivity index (χ3n) is 4.30. The number of nitrogen functional groups attached to an aromatic ring is 1. The lowest BCUT2D eigenvalue weighted by atomic mass is 9.92. The van der Waals surface area contributed by atoms with E-state index in [1.54, 1.807) is 24.5 Å². The molecule has 1 aliphatic carbocycles. The van der Waals surface area contributed by atoms with Crippen LogP contribution in [-0.4, -0.2) is 28.0 Å². The largest absolute Gasteiger partial charge is 0.489 e. The first-order valence-corrected chi connectivity index (χ1v) is 8.22. The maximum absolute atomic E-state index is 12.2. The minimum atomic E-state index is -0.100. The van der Waals surface area contributed by atoms with Crippen molar-refractivity contribution in [2.75, 3.05) is 5.73 Å². The summed E-state index contributed by atoms with van der Waals surface area (Å²) in [5.74, 6) is 1.10. The molecule has 0 unspecified atom stereocenters. The van der Waals surface area contributed by atoms with Crippen LogP contribution in [0.1, 0.15) is 41.7 Å². The van der Waals surface area contributed by atoms with Crippen LogP contribution in [0.5, 0.6) is 5.75 Å². The van der Waals surface area contributed by atoms with Gasteiger partial charge in [0.25, 0.3) is 5.91 Å². The number of hydrogen-bond donors (Lipinski definition) is 2. The highest BCUT2D eigenvalue weighted by Crippen LogP contribution is 2.25. The van der Waals surface area contributed by atoms with Crippen LogP contribution < -0.4 is 15.8 Å². The first-order chi connectivity index (χ1) is 11.6. The van der Waals surface area contributed by atoms with E-state index >= 15 is 0 Å². The molecular weight excluding hydrogens is 304 g/mol. The zero-order chi connectivity index (χ0) is 16.9. The monoisotopic (exact) mass is 326 g/mol. The second-order valence-electron chi connectivity index (χ2n) is 6.12. The minimum Gasteiger partial charge on any atom is -0.489 e. The fourth-order valence-electron chi connectivity index (χ4n) is 2.96. The number of anilines is 1. The van der Waals surface area contributed by atoms with Crippen molar-refractivity contribution in [1.29, 1.82) is 0 Å². The van der Waals surface area contributed by atoms with Gasteiger partial charge in [-0.05, 0) is 56.9 Å². The number of nitrogens with two attached hydrogens (primary N) is 1. The highest BCUT2D eigenvalue weighted by Gasteiger charge is 2.24. The SMILES string of the molecule is Cc1ncccc1OC1CCC(NC(=O)c2ccnc(N)c2)CC1. The Morgan fingerprint density at radius 1 is 1.21 bits per heavy atom. The molecule has 2 heterocycles. The zero-order valence-corrected chi connectivity index (χ0v) is 13.7. The number of aromatic nitrogens is 2. The number of ether oxygens (including phenoxy) is 1. The Morgan fingerprint density at radius 3 is 2.71 bits per heavy atom. The lowest BCUT2D eigenvalue weighted by Gasteiger charge is -2.29. The van der Waals surface area contributed by atoms with Gasteiger partial charge in [0.15, 0.2) is 0 Å². The molecule has 3 rings (SSSR count). The first kappa shape index (κ1) is 16.2. The molecule has 2 aromatic rings. The number of pyridine rings is 2. The molecule has 0 bridgehead atoms. The molecule has 24 heavy (non-hydrogen) atoms. The van der Waals surface area contributed by atoms with E-state index in [2.05, 4.69) is 15.3 Å². The van der Waals surface area contributed by atoms with Crippen molar-refractivity contribution in [2.24, 2.45) is 0 Å². The van der Waals surface area contributed by atoms with Crippen molar-refractivity contribution in [1.82, 2.24) is 15.3 Å². The Bertz CT molecular complexity index is 712. The van der Waals surface area contributed by atoms with Crippen molar-refractivity contribution in [3.8, 4) is 5.75 Å². The van der Waals surface area contributed by atoms with Gasteiger partial charge in [-0.25, -0.2) is 4.98 Å². The lowest BCUT2D eigenvalue weighted by Crippen LogP contribution is -2.39. The van der Waals surface area contributed by atoms with Gasteiger partial charge in [-0.2, -0.15) is 0 Å². The predicted octanol–water partition coefficient (Wildman–Crippen LogP) is 2.49. The number of amides is 1. The lowest BCUT2D eigenvalue weighted by molar-refractivity contribution is 0.0893. The normalized spacial score (nSPS) is 20.4. The molecule has 1 aliphatic rings. The summed E-state index contributed by atoms with van der Waals surface area (Å²) in [5.41, 5.74) is 7.07. The zero-order valence-electron chi connectivity index (χ0n) is 13.7. The third-order valence-corrected chi connectivity index (χ3v) is 4.30. The summed E-state index contributed by atoms with van der Waals surface area (Å²) >= 11 is 0. The van der Waals surface area contributed by atoms with Crippen molar-refractivity contribution < 1.29 is 9.53 Å². The smallest absolute Gasteiger partial charge is 0.251 e. The molecule has 0 radical (unpaired) electrons. The van der Waals surface area contributed by atoms with E-state index in [1.807, 2.05) is 19.1 Å². The van der Waals surface area contributed by atoms with Gasteiger partial charge in [-0.1, -0.05) is 0 Å². The summed E-state index contributed by atoms with van der Waals surface area (Å²) in [5, 5.41) is 3.07. The van der Waals surface area contributed by atoms with Gasteiger partial charge < -0.3 is 15.8 Å². The summed E-state index contributed by atoms with van der Waals surface area (Å²) in [6.45, 7) is 1.95. The molecule has 6 nitrogen and oxygen atoms in total. The van der Waals surface area contributed by atoms with Gasteiger partial charge in [-0.15, -0.1) is 0 Å². The number of nitrogens with zero attached hydrogens (tertiary/aromatic N) is 2. The van der Waals surface area contributed by atoms with E-state index in [4.69, 9.17) is 10.5 Å². The topological polar surface area (TPSA) is 90.1 Å². The molecule has 0 aromatic carbocycles. The van der Waals surface area contributed by atoms with E-state index in [0.29, 0.717) is 11.4 Å². The minimum absolute atomic E-state index is 0.100. The van der Waals surface area contributed by atoms with Crippen molar-refractivity contribution in [2.45, 2.75) is 44.8 Å². The average molecular weight is 326 g/mol. The van der Waals surface area contributed by atoms with Crippen LogP contribution in [0.25, 0.3) is 0 Å². The summed E-state index contributed by atoms with van der Waals surface area (Å²) in [6, 6.07) is 7.27. The van der Waals surface area contributed by atoms with E-state index in [0.717, 1.165) is 37.1 Å². The Balaban J connectivity index is 1.50. The number of aryl methyl sites for hydroxylation is 1. The fourth-order valence-corrected chi connectivity index (χ4v) is 2.96. The van der Waals surface area contributed by atoms with Crippen LogP contribution in [0.3, 0.4) is 0 Å². The van der Waals surface area contributed by atoms with Crippen LogP contribution in [0, 0.1) is 6.92 Å². The van der Waals surface area contributed by atoms with Crippen LogP contribution >= 0.6 is 0 Å². The molecule has 1 amide bonds. The highest BCUT2D eigenvalue weighted by molar-refractivity contribution is 5.94. The third kappa shape index (κ3) is 4.01. The Morgan fingerprint density at radius 2 is 2.00 bits per heavy atom. The summed E-state index contributed by atoms with van der Waals surface area (Å²) < 4.78 is 6.04. The maximum Gasteiger partial charge on any atom is 0.251 e. The molecule has 0 aliphatic heterocycles. The second kappa shape index (κ2) is 7.29. The van der Waals surface area contributed by atoms with Gasteiger partial charge in [0.2, 0.25) is 0 Å². The van der Waals surface area contributed by atoms with E-state index in [1.165, 1.54) is 0 Å². The summed E-state index contributed by atoms with van der Waals surface area (Å²) in [6.07, 6.45) is 7.12. The molecule has 1 saturated carbocycles. The number of carbonyl (C=O) groups excluding carboxylic acids is 1. The van der Waals surface area contributed by atoms with Crippen molar-refractivity contribution in [3.05, 3.63) is 47.9 Å². The molecule has 0 spiro atoms. The Hall–Kier alpha value is -2.63. The van der Waals surface area contributed by atoms with E-state index < -0.39 is 0 Å². The Kier molecular flexibility index (Phi) is 4.93. The van der Waals surface area contributed by atoms with Gasteiger partial charge in [0, 0.05) is 24.0 Å². The number of rotatable bonds is 4. The highest BCUT2D eigenvalue weighted by atomic mass is 16.5. The molecule has 0 atom stereocenters. The van der Waals surface area contributed by atoms with Crippen LogP contribution in [0.15, 0.2) is 36.7 Å². The number of hydrogen-bond acceptors (Lipinski definition) is 5. The van der Waals surface area contributed by atoms with Crippen molar-refractivity contribution in [3.63, 3.8) is 0 Å². The average Bonchev–Trinajstić information content (AvgIpc) is 2.58. The molecule has 126 valence electrons.